The minimum atomic E-state index is -2.11. The number of hydrogen-bond donors (Lipinski definition) is 3. The second-order valence-electron chi connectivity index (χ2n) is 12.0. The van der Waals surface area contributed by atoms with Gasteiger partial charge in [0.2, 0.25) is 5.60 Å². The molecule has 1 amide bonds. The van der Waals surface area contributed by atoms with E-state index in [9.17, 15) is 24.8 Å². The Morgan fingerprint density at radius 3 is 2.63 bits per heavy atom. The molecule has 234 valence electrons. The monoisotopic (exact) mass is 600 g/mol. The maximum atomic E-state index is 12.9. The average molecular weight is 601 g/mol. The third-order valence-corrected chi connectivity index (χ3v) is 8.30. The van der Waals surface area contributed by atoms with Gasteiger partial charge in [-0.1, -0.05) is 26.7 Å². The minimum Gasteiger partial charge on any atom is -0.463 e. The van der Waals surface area contributed by atoms with Gasteiger partial charge in [-0.25, -0.2) is 9.50 Å². The smallest absolute Gasteiger partial charge is 0.323 e. The molecule has 3 heterocycles. The average Bonchev–Trinajstić information content (AvgIpc) is 3.71. The molecule has 1 aliphatic heterocycles. The third-order valence-electron chi connectivity index (χ3n) is 8.30. The molecule has 0 radical (unpaired) electrons. The summed E-state index contributed by atoms with van der Waals surface area (Å²) in [6, 6.07) is 4.06. The zero-order chi connectivity index (χ0) is 31.5. The zero-order valence-corrected chi connectivity index (χ0v) is 25.1. The number of esters is 2. The summed E-state index contributed by atoms with van der Waals surface area (Å²) in [7, 11) is 1.40. The highest BCUT2D eigenvalue weighted by Crippen LogP contribution is 2.42. The van der Waals surface area contributed by atoms with E-state index in [1.54, 1.807) is 33.8 Å². The van der Waals surface area contributed by atoms with Crippen molar-refractivity contribution in [2.24, 2.45) is 17.6 Å². The molecule has 1 aliphatic carbocycles. The SMILES string of the molecule is COC(C)(C)C(=O)Nc1ncnn2c([C@]3(C#N)O[C@H](COC(=O)CC4CCCC4)[C@@H](OC(=O)[C@H](N)C(C)C)[C@H]3O)ccc12. The summed E-state index contributed by atoms with van der Waals surface area (Å²) in [5.41, 5.74) is 3.10. The fourth-order valence-corrected chi connectivity index (χ4v) is 5.27. The van der Waals surface area contributed by atoms with Crippen LogP contribution in [-0.2, 0) is 38.9 Å². The van der Waals surface area contributed by atoms with Gasteiger partial charge in [0.25, 0.3) is 5.91 Å². The van der Waals surface area contributed by atoms with Gasteiger partial charge in [0.05, 0.1) is 5.69 Å². The molecule has 2 fully saturated rings. The normalized spacial score (nSPS) is 25.0. The molecule has 1 saturated carbocycles. The fourth-order valence-electron chi connectivity index (χ4n) is 5.27. The number of carbonyl (C=O) groups is 3. The van der Waals surface area contributed by atoms with Crippen molar-refractivity contribution in [2.45, 2.75) is 95.4 Å². The van der Waals surface area contributed by atoms with Gasteiger partial charge in [-0.3, -0.25) is 14.4 Å². The molecule has 5 atom stereocenters. The lowest BCUT2D eigenvalue weighted by Crippen LogP contribution is -2.46. The number of anilines is 1. The Bertz CT molecular complexity index is 1380. The first kappa shape index (κ1) is 32.3. The predicted octanol–water partition coefficient (Wildman–Crippen LogP) is 1.59. The molecule has 0 unspecified atom stereocenters. The van der Waals surface area contributed by atoms with E-state index in [1.165, 1.54) is 24.0 Å². The Morgan fingerprint density at radius 1 is 1.30 bits per heavy atom. The number of aliphatic hydroxyl groups is 1. The first-order valence-corrected chi connectivity index (χ1v) is 14.4. The van der Waals surface area contributed by atoms with Crippen LogP contribution < -0.4 is 11.1 Å². The van der Waals surface area contributed by atoms with Crippen LogP contribution in [0.15, 0.2) is 18.5 Å². The van der Waals surface area contributed by atoms with E-state index in [0.29, 0.717) is 5.52 Å². The van der Waals surface area contributed by atoms with Gasteiger partial charge in [0.1, 0.15) is 48.4 Å². The number of ether oxygens (including phenoxy) is 4. The second-order valence-corrected chi connectivity index (χ2v) is 12.0. The fraction of sp³-hybridized carbons (Fsp3) is 0.655. The van der Waals surface area contributed by atoms with Crippen molar-refractivity contribution >= 4 is 29.2 Å². The maximum Gasteiger partial charge on any atom is 0.323 e. The molecule has 2 aromatic rings. The summed E-state index contributed by atoms with van der Waals surface area (Å²) in [5, 5.41) is 28.9. The number of aliphatic hydroxyl groups excluding tert-OH is 1. The number of aromatic nitrogens is 3. The largest absolute Gasteiger partial charge is 0.463 e. The quantitative estimate of drug-likeness (QED) is 0.315. The van der Waals surface area contributed by atoms with Gasteiger partial charge in [-0.2, -0.15) is 10.4 Å². The Morgan fingerprint density at radius 2 is 2.00 bits per heavy atom. The van der Waals surface area contributed by atoms with Gasteiger partial charge >= 0.3 is 11.9 Å². The van der Waals surface area contributed by atoms with E-state index in [0.717, 1.165) is 25.7 Å². The molecule has 2 aromatic heterocycles. The standard InChI is InChI=1S/C29H40N6O8/c1-16(2)22(31)26(38)42-23-19(13-41-21(36)12-17-8-6-7-9-17)43-29(14-30,24(23)37)20-11-10-18-25(32-15-33-35(18)20)34-27(39)28(3,4)40-5/h10-11,15-17,19,22-24,37H,6-9,12-13,31H2,1-5H3,(H,32,33,34,39)/t19-,22-,23-,24-,29+/m1/s1. The summed E-state index contributed by atoms with van der Waals surface area (Å²) in [5.74, 6) is -1.61. The highest BCUT2D eigenvalue weighted by molar-refractivity contribution is 5.98. The molecule has 4 rings (SSSR count). The third kappa shape index (κ3) is 6.50. The van der Waals surface area contributed by atoms with Crippen LogP contribution in [0, 0.1) is 23.2 Å². The summed E-state index contributed by atoms with van der Waals surface area (Å²) < 4.78 is 23.8. The van der Waals surface area contributed by atoms with Crippen LogP contribution >= 0.6 is 0 Å². The van der Waals surface area contributed by atoms with E-state index in [2.05, 4.69) is 15.4 Å². The van der Waals surface area contributed by atoms with Crippen molar-refractivity contribution in [3.8, 4) is 6.07 Å². The molecule has 14 heteroatoms. The first-order valence-electron chi connectivity index (χ1n) is 14.4. The van der Waals surface area contributed by atoms with E-state index in [4.69, 9.17) is 24.7 Å². The Hall–Kier alpha value is -3.64. The van der Waals surface area contributed by atoms with Crippen LogP contribution in [-0.4, -0.2) is 81.2 Å². The van der Waals surface area contributed by atoms with Crippen molar-refractivity contribution in [3.05, 3.63) is 24.2 Å². The van der Waals surface area contributed by atoms with Crippen molar-refractivity contribution in [1.82, 2.24) is 14.6 Å². The Labute approximate surface area is 249 Å². The van der Waals surface area contributed by atoms with E-state index in [-0.39, 0.29) is 36.4 Å². The summed E-state index contributed by atoms with van der Waals surface area (Å²) in [6.45, 7) is 6.29. The molecule has 0 aromatic carbocycles. The number of nitriles is 1. The number of carbonyl (C=O) groups excluding carboxylic acids is 3. The molecule has 43 heavy (non-hydrogen) atoms. The van der Waals surface area contributed by atoms with Gasteiger partial charge in [-0.15, -0.1) is 0 Å². The number of nitrogens with two attached hydrogens (primary N) is 1. The summed E-state index contributed by atoms with van der Waals surface area (Å²) in [6.07, 6.45) is 1.14. The van der Waals surface area contributed by atoms with Gasteiger partial charge in [-0.05, 0) is 50.7 Å². The van der Waals surface area contributed by atoms with E-state index in [1.807, 2.05) is 6.07 Å². The Kier molecular flexibility index (Phi) is 9.70. The van der Waals surface area contributed by atoms with Crippen LogP contribution in [0.3, 0.4) is 0 Å². The lowest BCUT2D eigenvalue weighted by molar-refractivity contribution is -0.162. The van der Waals surface area contributed by atoms with Crippen molar-refractivity contribution in [1.29, 1.82) is 5.26 Å². The number of fused-ring (bicyclic) bond motifs is 1. The molecular weight excluding hydrogens is 560 g/mol. The van der Waals surface area contributed by atoms with Crippen molar-refractivity contribution in [2.75, 3.05) is 19.0 Å². The second kappa shape index (κ2) is 12.9. The maximum absolute atomic E-state index is 12.9. The van der Waals surface area contributed by atoms with Crippen LogP contribution in [0.2, 0.25) is 0 Å². The number of nitrogens with zero attached hydrogens (tertiary/aromatic N) is 4. The number of hydrogen-bond acceptors (Lipinski definition) is 12. The first-order chi connectivity index (χ1) is 20.3. The molecule has 14 nitrogen and oxygen atoms in total. The summed E-state index contributed by atoms with van der Waals surface area (Å²) in [4.78, 5) is 42.4. The van der Waals surface area contributed by atoms with Gasteiger partial charge in [0, 0.05) is 13.5 Å². The number of methoxy groups -OCH3 is 1. The van der Waals surface area contributed by atoms with Crippen molar-refractivity contribution < 1.29 is 38.4 Å². The molecule has 4 N–H and O–H groups in total. The molecule has 0 spiro atoms. The minimum absolute atomic E-state index is 0.0791. The zero-order valence-electron chi connectivity index (χ0n) is 25.1. The lowest BCUT2D eigenvalue weighted by atomic mass is 9.92. The van der Waals surface area contributed by atoms with Crippen LogP contribution in [0.1, 0.15) is 65.5 Å². The molecule has 1 saturated heterocycles. The highest BCUT2D eigenvalue weighted by atomic mass is 16.6. The predicted molar refractivity (Wildman–Crippen MR) is 151 cm³/mol. The van der Waals surface area contributed by atoms with Crippen molar-refractivity contribution in [3.63, 3.8) is 0 Å². The van der Waals surface area contributed by atoms with Crippen LogP contribution in [0.25, 0.3) is 5.52 Å². The topological polar surface area (TPSA) is 200 Å². The molecule has 2 aliphatic rings. The number of amides is 1. The van der Waals surface area contributed by atoms with E-state index >= 15 is 0 Å². The van der Waals surface area contributed by atoms with Gasteiger partial charge < -0.3 is 35.1 Å². The summed E-state index contributed by atoms with van der Waals surface area (Å²) >= 11 is 0. The highest BCUT2D eigenvalue weighted by Gasteiger charge is 2.60. The van der Waals surface area contributed by atoms with Crippen LogP contribution in [0.5, 0.6) is 0 Å². The lowest BCUT2D eigenvalue weighted by Gasteiger charge is -2.26. The molecular formula is C29H40N6O8. The molecule has 0 bridgehead atoms. The number of rotatable bonds is 11. The van der Waals surface area contributed by atoms with E-state index < -0.39 is 53.4 Å². The van der Waals surface area contributed by atoms with Crippen LogP contribution in [0.4, 0.5) is 5.82 Å². The number of nitrogens with one attached hydrogen (secondary N) is 1. The van der Waals surface area contributed by atoms with Gasteiger partial charge in [0.15, 0.2) is 11.9 Å². The Balaban J connectivity index is 1.65.